The van der Waals surface area contributed by atoms with E-state index in [0.29, 0.717) is 60.6 Å². The maximum atomic E-state index is 13.7. The minimum Gasteiger partial charge on any atom is -0.388 e. The minimum absolute atomic E-state index is 0.0877. The molecule has 2 amide bonds. The molecule has 6 rings (SSSR count). The SMILES string of the molecule is CSc1ncc2c(n1)N1CCC[C@H]1CN(c1cccc(-c3nn(CC(=O)N4CCOCC4)c(=O)o3)c1)C2=O. The molecule has 0 radical (unpaired) electrons. The number of ether oxygens (including phenoxy) is 1. The van der Waals surface area contributed by atoms with Crippen LogP contribution in [0.15, 0.2) is 44.8 Å². The fraction of sp³-hybridized carbons (Fsp3) is 0.440. The molecule has 2 fully saturated rings. The molecule has 13 heteroatoms. The van der Waals surface area contributed by atoms with Gasteiger partial charge in [0.05, 0.1) is 13.2 Å². The second-order valence-electron chi connectivity index (χ2n) is 9.37. The summed E-state index contributed by atoms with van der Waals surface area (Å²) in [7, 11) is 0. The van der Waals surface area contributed by atoms with Crippen molar-refractivity contribution in [2.45, 2.75) is 30.6 Å². The van der Waals surface area contributed by atoms with Gasteiger partial charge in [0.2, 0.25) is 11.8 Å². The summed E-state index contributed by atoms with van der Waals surface area (Å²) in [5.41, 5.74) is 1.66. The molecule has 0 N–H and O–H groups in total. The monoisotopic (exact) mass is 537 g/mol. The van der Waals surface area contributed by atoms with Gasteiger partial charge >= 0.3 is 5.76 Å². The van der Waals surface area contributed by atoms with E-state index < -0.39 is 5.76 Å². The van der Waals surface area contributed by atoms with Gasteiger partial charge in [-0.25, -0.2) is 14.8 Å². The highest BCUT2D eigenvalue weighted by atomic mass is 32.2. The van der Waals surface area contributed by atoms with Crippen LogP contribution >= 0.6 is 11.8 Å². The number of thioether (sulfide) groups is 1. The summed E-state index contributed by atoms with van der Waals surface area (Å²) in [5.74, 6) is -0.335. The van der Waals surface area contributed by atoms with Gasteiger partial charge in [-0.05, 0) is 37.3 Å². The number of fused-ring (bicyclic) bond motifs is 3. The van der Waals surface area contributed by atoms with E-state index in [0.717, 1.165) is 24.1 Å². The third kappa shape index (κ3) is 4.56. The second kappa shape index (κ2) is 10.2. The van der Waals surface area contributed by atoms with Crippen molar-refractivity contribution in [2.24, 2.45) is 0 Å². The number of hydrogen-bond acceptors (Lipinski definition) is 10. The zero-order valence-corrected chi connectivity index (χ0v) is 21.7. The normalized spacial score (nSPS) is 19.3. The predicted octanol–water partition coefficient (Wildman–Crippen LogP) is 1.50. The van der Waals surface area contributed by atoms with E-state index in [1.54, 1.807) is 34.2 Å². The number of amides is 2. The van der Waals surface area contributed by atoms with E-state index in [4.69, 9.17) is 9.15 Å². The number of nitrogens with zero attached hydrogens (tertiary/aromatic N) is 7. The molecular formula is C25H27N7O5S. The third-order valence-corrected chi connectivity index (χ3v) is 7.67. The van der Waals surface area contributed by atoms with Crippen molar-refractivity contribution in [3.8, 4) is 11.5 Å². The average molecular weight is 538 g/mol. The highest BCUT2D eigenvalue weighted by molar-refractivity contribution is 7.98. The Balaban J connectivity index is 1.29. The molecule has 3 aliphatic rings. The maximum Gasteiger partial charge on any atom is 0.437 e. The Morgan fingerprint density at radius 1 is 1.18 bits per heavy atom. The molecular weight excluding hydrogens is 510 g/mol. The Morgan fingerprint density at radius 3 is 2.84 bits per heavy atom. The summed E-state index contributed by atoms with van der Waals surface area (Å²) in [6, 6.07) is 7.31. The van der Waals surface area contributed by atoms with Crippen LogP contribution in [0.3, 0.4) is 0 Å². The van der Waals surface area contributed by atoms with E-state index in [9.17, 15) is 14.4 Å². The first-order valence-electron chi connectivity index (χ1n) is 12.6. The lowest BCUT2D eigenvalue weighted by Gasteiger charge is -2.27. The topological polar surface area (TPSA) is 127 Å². The van der Waals surface area contributed by atoms with Crippen LogP contribution in [-0.2, 0) is 16.1 Å². The fourth-order valence-electron chi connectivity index (χ4n) is 5.16. The zero-order valence-electron chi connectivity index (χ0n) is 20.9. The Morgan fingerprint density at radius 2 is 2.03 bits per heavy atom. The Labute approximate surface area is 222 Å². The second-order valence-corrected chi connectivity index (χ2v) is 10.1. The number of aromatic nitrogens is 4. The quantitative estimate of drug-likeness (QED) is 0.349. The first-order chi connectivity index (χ1) is 18.5. The van der Waals surface area contributed by atoms with Gasteiger partial charge in [-0.1, -0.05) is 17.8 Å². The van der Waals surface area contributed by atoms with E-state index in [1.807, 2.05) is 12.3 Å². The smallest absolute Gasteiger partial charge is 0.388 e. The summed E-state index contributed by atoms with van der Waals surface area (Å²) in [6.45, 7) is 3.04. The molecule has 0 bridgehead atoms. The Hall–Kier alpha value is -3.71. The van der Waals surface area contributed by atoms with E-state index >= 15 is 0 Å². The summed E-state index contributed by atoms with van der Waals surface area (Å²) in [4.78, 5) is 53.4. The molecule has 3 aliphatic heterocycles. The number of carbonyl (C=O) groups is 2. The summed E-state index contributed by atoms with van der Waals surface area (Å²) >= 11 is 1.45. The molecule has 1 atom stereocenters. The third-order valence-electron chi connectivity index (χ3n) is 7.11. The van der Waals surface area contributed by atoms with Crippen molar-refractivity contribution in [2.75, 3.05) is 55.4 Å². The van der Waals surface area contributed by atoms with Crippen molar-refractivity contribution in [3.63, 3.8) is 0 Å². The highest BCUT2D eigenvalue weighted by Crippen LogP contribution is 2.35. The van der Waals surface area contributed by atoms with Crippen LogP contribution in [0.25, 0.3) is 11.5 Å². The van der Waals surface area contributed by atoms with Crippen LogP contribution in [0.5, 0.6) is 0 Å². The van der Waals surface area contributed by atoms with E-state index in [2.05, 4.69) is 20.0 Å². The lowest BCUT2D eigenvalue weighted by atomic mass is 10.1. The van der Waals surface area contributed by atoms with Crippen molar-refractivity contribution >= 4 is 35.1 Å². The van der Waals surface area contributed by atoms with Crippen LogP contribution < -0.4 is 15.6 Å². The van der Waals surface area contributed by atoms with Gasteiger partial charge in [-0.2, -0.15) is 4.68 Å². The molecule has 3 aromatic rings. The molecule has 2 aromatic heterocycles. The van der Waals surface area contributed by atoms with Crippen molar-refractivity contribution < 1.29 is 18.7 Å². The molecule has 38 heavy (non-hydrogen) atoms. The van der Waals surface area contributed by atoms with Gasteiger partial charge in [-0.15, -0.1) is 5.10 Å². The molecule has 2 saturated heterocycles. The number of benzene rings is 1. The summed E-state index contributed by atoms with van der Waals surface area (Å²) < 4.78 is 11.7. The van der Waals surface area contributed by atoms with E-state index in [1.165, 1.54) is 11.8 Å². The lowest BCUT2D eigenvalue weighted by Crippen LogP contribution is -2.43. The molecule has 198 valence electrons. The lowest BCUT2D eigenvalue weighted by molar-refractivity contribution is -0.136. The van der Waals surface area contributed by atoms with Crippen LogP contribution in [0.2, 0.25) is 0 Å². The standard InChI is InChI=1S/C25H27N7O5S/c1-38-24-26-13-19-21(27-24)30-7-3-6-18(30)14-31(23(19)34)17-5-2-4-16(12-17)22-28-32(25(35)37-22)15-20(33)29-8-10-36-11-9-29/h2,4-5,12-13,18H,3,6-11,14-15H2,1H3/t18-/m0/s1. The van der Waals surface area contributed by atoms with Crippen LogP contribution in [-0.4, -0.2) is 88.2 Å². The molecule has 0 saturated carbocycles. The Kier molecular flexibility index (Phi) is 6.62. The molecule has 0 aliphatic carbocycles. The van der Waals surface area contributed by atoms with Gasteiger partial charge in [0, 0.05) is 49.7 Å². The van der Waals surface area contributed by atoms with Crippen molar-refractivity contribution in [1.82, 2.24) is 24.6 Å². The number of morpholine rings is 1. The first-order valence-corrected chi connectivity index (χ1v) is 13.8. The van der Waals surface area contributed by atoms with Gasteiger partial charge in [0.25, 0.3) is 5.91 Å². The maximum absolute atomic E-state index is 13.7. The number of rotatable bonds is 5. The largest absolute Gasteiger partial charge is 0.437 e. The molecule has 12 nitrogen and oxygen atoms in total. The Bertz CT molecular complexity index is 1430. The van der Waals surface area contributed by atoms with Crippen molar-refractivity contribution in [3.05, 3.63) is 46.6 Å². The summed E-state index contributed by atoms with van der Waals surface area (Å²) in [6.07, 6.45) is 5.51. The highest BCUT2D eigenvalue weighted by Gasteiger charge is 2.37. The van der Waals surface area contributed by atoms with Gasteiger partial charge in [0.1, 0.15) is 17.9 Å². The van der Waals surface area contributed by atoms with Crippen LogP contribution in [0, 0.1) is 0 Å². The fourth-order valence-corrected chi connectivity index (χ4v) is 5.50. The number of hydrogen-bond donors (Lipinski definition) is 0. The summed E-state index contributed by atoms with van der Waals surface area (Å²) in [5, 5.41) is 4.91. The molecule has 5 heterocycles. The minimum atomic E-state index is -0.713. The number of carbonyl (C=O) groups excluding carboxylic acids is 2. The molecule has 0 unspecified atom stereocenters. The van der Waals surface area contributed by atoms with Gasteiger partial charge < -0.3 is 23.9 Å². The predicted molar refractivity (Wildman–Crippen MR) is 139 cm³/mol. The van der Waals surface area contributed by atoms with Crippen molar-refractivity contribution in [1.29, 1.82) is 0 Å². The first kappa shape index (κ1) is 24.6. The van der Waals surface area contributed by atoms with Crippen LogP contribution in [0.4, 0.5) is 11.5 Å². The average Bonchev–Trinajstić information content (AvgIpc) is 3.55. The molecule has 1 aromatic carbocycles. The van der Waals surface area contributed by atoms with Gasteiger partial charge in [0.15, 0.2) is 5.16 Å². The molecule has 0 spiro atoms. The van der Waals surface area contributed by atoms with Crippen LogP contribution in [0.1, 0.15) is 23.2 Å². The van der Waals surface area contributed by atoms with Gasteiger partial charge in [-0.3, -0.25) is 9.59 Å². The zero-order chi connectivity index (χ0) is 26.2. The van der Waals surface area contributed by atoms with E-state index in [-0.39, 0.29) is 30.3 Å². The number of anilines is 2.